The highest BCUT2D eigenvalue weighted by atomic mass is 35.5. The monoisotopic (exact) mass is 404 g/mol. The van der Waals surface area contributed by atoms with E-state index in [9.17, 15) is 4.79 Å². The minimum atomic E-state index is -0.389. The molecule has 0 spiro atoms. The predicted molar refractivity (Wildman–Crippen MR) is 110 cm³/mol. The summed E-state index contributed by atoms with van der Waals surface area (Å²) in [6, 6.07) is 7.73. The fraction of sp³-hybridized carbons (Fsp3) is 0.524. The van der Waals surface area contributed by atoms with Gasteiger partial charge in [0.2, 0.25) is 5.91 Å². The van der Waals surface area contributed by atoms with Gasteiger partial charge < -0.3 is 15.5 Å². The Bertz CT molecular complexity index is 823. The van der Waals surface area contributed by atoms with Gasteiger partial charge in [-0.05, 0) is 37.5 Å². The van der Waals surface area contributed by atoms with Gasteiger partial charge in [-0.2, -0.15) is 0 Å². The number of aromatic amines is 1. The molecule has 1 aliphatic heterocycles. The average Bonchev–Trinajstić information content (AvgIpc) is 3.06. The van der Waals surface area contributed by atoms with Crippen molar-refractivity contribution < 1.29 is 9.53 Å². The Kier molecular flexibility index (Phi) is 6.12. The summed E-state index contributed by atoms with van der Waals surface area (Å²) >= 11 is 0. The molecule has 1 aromatic heterocycles. The second-order valence-corrected chi connectivity index (χ2v) is 7.95. The number of aryl methyl sites for hydroxylation is 1. The average molecular weight is 405 g/mol. The number of piperidine rings is 1. The number of likely N-dealkylation sites (tertiary alicyclic amines) is 1. The number of amides is 1. The molecular formula is C21H29ClN4O2. The number of ether oxygens (including phenoxy) is 1. The fourth-order valence-corrected chi connectivity index (χ4v) is 5.28. The molecule has 1 saturated heterocycles. The molecule has 2 unspecified atom stereocenters. The van der Waals surface area contributed by atoms with Crippen molar-refractivity contribution in [3.05, 3.63) is 53.1 Å². The van der Waals surface area contributed by atoms with Gasteiger partial charge >= 0.3 is 0 Å². The van der Waals surface area contributed by atoms with Crippen LogP contribution in [0.25, 0.3) is 0 Å². The molecule has 1 aliphatic carbocycles. The number of hydrogen-bond donors (Lipinski definition) is 2. The molecule has 6 nitrogen and oxygen atoms in total. The summed E-state index contributed by atoms with van der Waals surface area (Å²) in [5, 5.41) is 0. The number of primary amides is 1. The van der Waals surface area contributed by atoms with Gasteiger partial charge in [-0.25, -0.2) is 4.98 Å². The van der Waals surface area contributed by atoms with Crippen LogP contribution in [-0.2, 0) is 16.9 Å². The summed E-state index contributed by atoms with van der Waals surface area (Å²) in [7, 11) is 1.82. The molecule has 1 amide bonds. The van der Waals surface area contributed by atoms with Crippen LogP contribution >= 0.6 is 12.4 Å². The summed E-state index contributed by atoms with van der Waals surface area (Å²) in [4.78, 5) is 21.9. The quantitative estimate of drug-likeness (QED) is 0.802. The molecule has 2 bridgehead atoms. The van der Waals surface area contributed by atoms with E-state index in [1.807, 2.05) is 32.4 Å². The van der Waals surface area contributed by atoms with Crippen molar-refractivity contribution in [3.8, 4) is 0 Å². The van der Waals surface area contributed by atoms with Gasteiger partial charge in [-0.3, -0.25) is 9.69 Å². The number of H-pyrrole nitrogens is 1. The van der Waals surface area contributed by atoms with E-state index >= 15 is 0 Å². The van der Waals surface area contributed by atoms with E-state index in [1.54, 1.807) is 6.07 Å². The Hall–Kier alpha value is -1.89. The zero-order valence-electron chi connectivity index (χ0n) is 16.5. The number of aromatic nitrogens is 2. The predicted octanol–water partition coefficient (Wildman–Crippen LogP) is 3.01. The first kappa shape index (κ1) is 20.8. The van der Waals surface area contributed by atoms with E-state index in [4.69, 9.17) is 10.5 Å². The first-order chi connectivity index (χ1) is 13.0. The third-order valence-electron chi connectivity index (χ3n) is 6.36. The highest BCUT2D eigenvalue weighted by Gasteiger charge is 2.53. The lowest BCUT2D eigenvalue weighted by Gasteiger charge is -2.55. The van der Waals surface area contributed by atoms with Crippen LogP contribution < -0.4 is 5.73 Å². The molecule has 1 saturated carbocycles. The van der Waals surface area contributed by atoms with Crippen LogP contribution in [0.15, 0.2) is 30.5 Å². The number of benzene rings is 1. The van der Waals surface area contributed by atoms with Crippen LogP contribution in [0.2, 0.25) is 0 Å². The first-order valence-corrected chi connectivity index (χ1v) is 9.71. The highest BCUT2D eigenvalue weighted by Crippen LogP contribution is 2.51. The molecule has 152 valence electrons. The number of methoxy groups -OCH3 is 1. The molecule has 7 heteroatoms. The van der Waals surface area contributed by atoms with Crippen LogP contribution in [0.1, 0.15) is 46.7 Å². The Morgan fingerprint density at radius 2 is 2.07 bits per heavy atom. The maximum Gasteiger partial charge on any atom is 0.248 e. The number of rotatable bonds is 5. The van der Waals surface area contributed by atoms with Gasteiger partial charge in [-0.15, -0.1) is 12.4 Å². The summed E-state index contributed by atoms with van der Waals surface area (Å²) in [6.45, 7) is 4.82. The largest absolute Gasteiger partial charge is 0.373 e. The van der Waals surface area contributed by atoms with E-state index in [1.165, 1.54) is 6.42 Å². The number of carbonyl (C=O) groups is 1. The van der Waals surface area contributed by atoms with Gasteiger partial charge in [0.05, 0.1) is 0 Å². The number of carbonyl (C=O) groups excluding carboxylic acids is 1. The fourth-order valence-electron chi connectivity index (χ4n) is 5.28. The molecule has 3 N–H and O–H groups in total. The molecule has 2 aliphatic rings. The minimum Gasteiger partial charge on any atom is -0.373 e. The highest BCUT2D eigenvalue weighted by molar-refractivity contribution is 5.92. The lowest BCUT2D eigenvalue weighted by molar-refractivity contribution is -0.170. The standard InChI is InChI=1S/C21H28N4O2.ClH/c1-14-23-10-19(24-14)13-25-11-17-7-4-8-18(12-25)21(17,27-2)16-6-3-5-15(9-16)20(22)26;/h3,5-6,9-10,17-18H,4,7-8,11-13H2,1-2H3,(H2,22,26)(H,23,24);1H. The van der Waals surface area contributed by atoms with E-state index < -0.39 is 0 Å². The van der Waals surface area contributed by atoms with Crippen LogP contribution in [0.5, 0.6) is 0 Å². The van der Waals surface area contributed by atoms with Crippen molar-refractivity contribution in [2.45, 2.75) is 38.3 Å². The minimum absolute atomic E-state index is 0. The zero-order chi connectivity index (χ0) is 19.0. The lowest BCUT2D eigenvalue weighted by Crippen LogP contribution is -2.58. The Labute approximate surface area is 172 Å². The summed E-state index contributed by atoms with van der Waals surface area (Å²) < 4.78 is 6.27. The van der Waals surface area contributed by atoms with Crippen LogP contribution in [-0.4, -0.2) is 41.0 Å². The number of fused-ring (bicyclic) bond motifs is 2. The Morgan fingerprint density at radius 1 is 1.36 bits per heavy atom. The second kappa shape index (κ2) is 8.23. The maximum absolute atomic E-state index is 11.7. The van der Waals surface area contributed by atoms with E-state index in [2.05, 4.69) is 20.9 Å². The normalized spacial score (nSPS) is 27.2. The number of nitrogens with one attached hydrogen (secondary N) is 1. The number of imidazole rings is 1. The number of halogens is 1. The lowest BCUT2D eigenvalue weighted by atomic mass is 9.62. The number of nitrogens with zero attached hydrogens (tertiary/aromatic N) is 2. The zero-order valence-corrected chi connectivity index (χ0v) is 17.3. The second-order valence-electron chi connectivity index (χ2n) is 7.95. The van der Waals surface area contributed by atoms with E-state index in [-0.39, 0.29) is 23.9 Å². The number of hydrogen-bond acceptors (Lipinski definition) is 4. The molecule has 2 heterocycles. The van der Waals surface area contributed by atoms with Crippen LogP contribution in [0.3, 0.4) is 0 Å². The smallest absolute Gasteiger partial charge is 0.248 e. The third-order valence-corrected chi connectivity index (χ3v) is 6.36. The van der Waals surface area contributed by atoms with Crippen LogP contribution in [0.4, 0.5) is 0 Å². The van der Waals surface area contributed by atoms with Gasteiger partial charge in [0, 0.05) is 56.0 Å². The summed E-state index contributed by atoms with van der Waals surface area (Å²) in [5.41, 5.74) is 7.98. The maximum atomic E-state index is 11.7. The van der Waals surface area contributed by atoms with Gasteiger partial charge in [-0.1, -0.05) is 18.6 Å². The molecular weight excluding hydrogens is 376 g/mol. The Morgan fingerprint density at radius 3 is 2.64 bits per heavy atom. The van der Waals surface area contributed by atoms with E-state index in [0.717, 1.165) is 49.6 Å². The van der Waals surface area contributed by atoms with E-state index in [0.29, 0.717) is 17.4 Å². The van der Waals surface area contributed by atoms with Gasteiger partial charge in [0.25, 0.3) is 0 Å². The molecule has 2 atom stereocenters. The number of nitrogens with two attached hydrogens (primary N) is 1. The van der Waals surface area contributed by atoms with Crippen molar-refractivity contribution in [1.29, 1.82) is 0 Å². The van der Waals surface area contributed by atoms with Crippen molar-refractivity contribution in [3.63, 3.8) is 0 Å². The van der Waals surface area contributed by atoms with Crippen molar-refractivity contribution >= 4 is 18.3 Å². The molecule has 28 heavy (non-hydrogen) atoms. The topological polar surface area (TPSA) is 84.2 Å². The van der Waals surface area contributed by atoms with Gasteiger partial charge in [0.1, 0.15) is 11.4 Å². The van der Waals surface area contributed by atoms with Crippen molar-refractivity contribution in [1.82, 2.24) is 14.9 Å². The molecule has 2 aromatic rings. The summed E-state index contributed by atoms with van der Waals surface area (Å²) in [6.07, 6.45) is 5.42. The molecule has 0 radical (unpaired) electrons. The third kappa shape index (κ3) is 3.56. The van der Waals surface area contributed by atoms with Crippen LogP contribution in [0, 0.1) is 18.8 Å². The SMILES string of the molecule is COC1(c2cccc(C(N)=O)c2)C2CCCC1CN(Cc1cnc(C)[nH]1)C2.Cl. The molecule has 1 aromatic carbocycles. The molecule has 4 rings (SSSR count). The van der Waals surface area contributed by atoms with Crippen molar-refractivity contribution in [2.75, 3.05) is 20.2 Å². The summed E-state index contributed by atoms with van der Waals surface area (Å²) in [5.74, 6) is 1.35. The van der Waals surface area contributed by atoms with Crippen molar-refractivity contribution in [2.24, 2.45) is 17.6 Å². The Balaban J connectivity index is 0.00000225. The van der Waals surface area contributed by atoms with Gasteiger partial charge in [0.15, 0.2) is 0 Å². The molecule has 2 fully saturated rings. The first-order valence-electron chi connectivity index (χ1n) is 9.71.